The molecule has 0 saturated heterocycles. The largest absolute Gasteiger partial charge is 0.458 e. The van der Waals surface area contributed by atoms with Gasteiger partial charge in [0.1, 0.15) is 6.10 Å². The molecular weight excluding hydrogens is 304 g/mol. The fraction of sp³-hybridized carbons (Fsp3) is 0.533. The number of nitro groups is 2. The Morgan fingerprint density at radius 3 is 2.04 bits per heavy atom. The summed E-state index contributed by atoms with van der Waals surface area (Å²) >= 11 is 0. The summed E-state index contributed by atoms with van der Waals surface area (Å²) in [5, 5.41) is 21.8. The van der Waals surface area contributed by atoms with E-state index in [2.05, 4.69) is 0 Å². The molecular formula is C15H14N2O6. The van der Waals surface area contributed by atoms with E-state index in [1.807, 2.05) is 0 Å². The van der Waals surface area contributed by atoms with Crippen LogP contribution in [0.2, 0.25) is 0 Å². The second-order valence-electron chi connectivity index (χ2n) is 6.59. The molecule has 0 unspecified atom stereocenters. The number of rotatable bonds is 4. The molecule has 0 N–H and O–H groups in total. The van der Waals surface area contributed by atoms with Crippen molar-refractivity contribution >= 4 is 17.3 Å². The fourth-order valence-corrected chi connectivity index (χ4v) is 4.20. The van der Waals surface area contributed by atoms with Crippen LogP contribution >= 0.6 is 0 Å². The molecule has 120 valence electrons. The maximum absolute atomic E-state index is 12.3. The molecule has 8 heteroatoms. The Hall–Kier alpha value is -2.51. The van der Waals surface area contributed by atoms with Gasteiger partial charge in [0.15, 0.2) is 0 Å². The van der Waals surface area contributed by atoms with Crippen LogP contribution in [0.15, 0.2) is 18.2 Å². The molecule has 0 spiro atoms. The van der Waals surface area contributed by atoms with E-state index in [1.54, 1.807) is 0 Å². The van der Waals surface area contributed by atoms with Gasteiger partial charge in [-0.15, -0.1) is 0 Å². The highest BCUT2D eigenvalue weighted by atomic mass is 16.6. The van der Waals surface area contributed by atoms with Crippen molar-refractivity contribution in [2.24, 2.45) is 23.7 Å². The van der Waals surface area contributed by atoms with Gasteiger partial charge in [0, 0.05) is 12.1 Å². The number of ether oxygens (including phenoxy) is 1. The van der Waals surface area contributed by atoms with Crippen LogP contribution in [0, 0.1) is 43.9 Å². The first-order chi connectivity index (χ1) is 11.0. The summed E-state index contributed by atoms with van der Waals surface area (Å²) in [6, 6.07) is 2.91. The monoisotopic (exact) mass is 318 g/mol. The molecule has 0 aromatic heterocycles. The highest BCUT2D eigenvalue weighted by Crippen LogP contribution is 2.66. The van der Waals surface area contributed by atoms with E-state index in [9.17, 15) is 25.0 Å². The Bertz CT molecular complexity index is 700. The normalized spacial score (nSPS) is 33.1. The predicted molar refractivity (Wildman–Crippen MR) is 76.8 cm³/mol. The van der Waals surface area contributed by atoms with Gasteiger partial charge in [-0.25, -0.2) is 4.79 Å². The molecule has 0 heterocycles. The summed E-state index contributed by atoms with van der Waals surface area (Å²) in [7, 11) is 0. The Kier molecular flexibility index (Phi) is 2.91. The summed E-state index contributed by atoms with van der Waals surface area (Å²) in [6.07, 6.45) is 3.17. The lowest BCUT2D eigenvalue weighted by Crippen LogP contribution is -2.35. The second kappa shape index (κ2) is 4.74. The molecule has 3 aliphatic rings. The minimum Gasteiger partial charge on any atom is -0.458 e. The summed E-state index contributed by atoms with van der Waals surface area (Å²) in [5.74, 6) is 1.41. The molecule has 0 bridgehead atoms. The van der Waals surface area contributed by atoms with Crippen LogP contribution in [-0.2, 0) is 4.74 Å². The van der Waals surface area contributed by atoms with E-state index in [0.717, 1.165) is 31.0 Å². The van der Waals surface area contributed by atoms with Crippen LogP contribution in [-0.4, -0.2) is 21.9 Å². The predicted octanol–water partition coefficient (Wildman–Crippen LogP) is 2.70. The van der Waals surface area contributed by atoms with Crippen molar-refractivity contribution in [2.45, 2.75) is 25.4 Å². The van der Waals surface area contributed by atoms with Crippen LogP contribution in [0.25, 0.3) is 0 Å². The number of nitrogens with zero attached hydrogens (tertiary/aromatic N) is 2. The molecule has 4 rings (SSSR count). The minimum absolute atomic E-state index is 0.133. The number of esters is 1. The Morgan fingerprint density at radius 2 is 1.57 bits per heavy atom. The maximum Gasteiger partial charge on any atom is 0.338 e. The zero-order chi connectivity index (χ0) is 16.3. The molecule has 1 aromatic rings. The van der Waals surface area contributed by atoms with Crippen molar-refractivity contribution < 1.29 is 19.4 Å². The molecule has 0 amide bonds. The summed E-state index contributed by atoms with van der Waals surface area (Å²) < 4.78 is 5.57. The van der Waals surface area contributed by atoms with Gasteiger partial charge in [0.05, 0.1) is 21.5 Å². The Labute approximate surface area is 130 Å². The zero-order valence-electron chi connectivity index (χ0n) is 12.1. The standard InChI is InChI=1S/C15H14N2O6/c18-15(23-14-11-2-1-10(11)12-6-13(12)14)7-3-8(16(19)20)5-9(4-7)17(21)22/h3-5,10-14H,1-2,6H2/t10-,11+,12-,13-,14+/m0/s1. The van der Waals surface area contributed by atoms with Crippen molar-refractivity contribution in [1.29, 1.82) is 0 Å². The van der Waals surface area contributed by atoms with E-state index < -0.39 is 27.2 Å². The number of non-ortho nitro benzene ring substituents is 2. The molecule has 3 fully saturated rings. The van der Waals surface area contributed by atoms with Crippen molar-refractivity contribution in [3.8, 4) is 0 Å². The highest BCUT2D eigenvalue weighted by Gasteiger charge is 2.64. The number of hydrogen-bond donors (Lipinski definition) is 0. The summed E-state index contributed by atoms with van der Waals surface area (Å²) in [6.45, 7) is 0. The topological polar surface area (TPSA) is 113 Å². The van der Waals surface area contributed by atoms with Crippen molar-refractivity contribution in [1.82, 2.24) is 0 Å². The molecule has 1 aromatic carbocycles. The number of nitro benzene ring substituents is 2. The fourth-order valence-electron chi connectivity index (χ4n) is 4.20. The molecule has 0 radical (unpaired) electrons. The van der Waals surface area contributed by atoms with Gasteiger partial charge in [-0.1, -0.05) is 0 Å². The van der Waals surface area contributed by atoms with E-state index >= 15 is 0 Å². The van der Waals surface area contributed by atoms with Crippen LogP contribution < -0.4 is 0 Å². The average molecular weight is 318 g/mol. The first-order valence-corrected chi connectivity index (χ1v) is 7.60. The third-order valence-electron chi connectivity index (χ3n) is 5.47. The van der Waals surface area contributed by atoms with E-state index in [1.165, 1.54) is 6.42 Å². The van der Waals surface area contributed by atoms with E-state index in [-0.39, 0.29) is 11.7 Å². The van der Waals surface area contributed by atoms with Gasteiger partial charge in [-0.05, 0) is 42.9 Å². The molecule has 5 atom stereocenters. The quantitative estimate of drug-likeness (QED) is 0.479. The number of benzene rings is 1. The van der Waals surface area contributed by atoms with Crippen molar-refractivity contribution in [2.75, 3.05) is 0 Å². The third-order valence-corrected chi connectivity index (χ3v) is 5.47. The number of carbonyl (C=O) groups excluding carboxylic acids is 1. The van der Waals surface area contributed by atoms with Crippen molar-refractivity contribution in [3.05, 3.63) is 44.0 Å². The average Bonchev–Trinajstić information content (AvgIpc) is 3.20. The van der Waals surface area contributed by atoms with Crippen LogP contribution in [0.4, 0.5) is 11.4 Å². The summed E-state index contributed by atoms with van der Waals surface area (Å²) in [4.78, 5) is 32.6. The first kappa shape index (κ1) is 14.1. The van der Waals surface area contributed by atoms with E-state index in [0.29, 0.717) is 23.7 Å². The minimum atomic E-state index is -0.752. The number of fused-ring (bicyclic) bond motifs is 3. The van der Waals surface area contributed by atoms with Crippen LogP contribution in [0.3, 0.4) is 0 Å². The van der Waals surface area contributed by atoms with E-state index in [4.69, 9.17) is 4.74 Å². The van der Waals surface area contributed by atoms with Gasteiger partial charge < -0.3 is 4.74 Å². The van der Waals surface area contributed by atoms with Gasteiger partial charge in [-0.3, -0.25) is 20.2 Å². The van der Waals surface area contributed by atoms with Crippen LogP contribution in [0.1, 0.15) is 29.6 Å². The second-order valence-corrected chi connectivity index (χ2v) is 6.59. The van der Waals surface area contributed by atoms with Gasteiger partial charge in [0.2, 0.25) is 0 Å². The lowest BCUT2D eigenvalue weighted by Gasteiger charge is -2.36. The van der Waals surface area contributed by atoms with Gasteiger partial charge in [-0.2, -0.15) is 0 Å². The SMILES string of the molecule is O=C(O[C@@H]1[C@@H]2CC[C@@H]2[C@@H]2C[C@@H]21)c1cc([N+](=O)[O-])cc([N+](=O)[O-])c1. The molecule has 0 aliphatic heterocycles. The van der Waals surface area contributed by atoms with Crippen LogP contribution in [0.5, 0.6) is 0 Å². The highest BCUT2D eigenvalue weighted by molar-refractivity contribution is 5.91. The lowest BCUT2D eigenvalue weighted by molar-refractivity contribution is -0.394. The maximum atomic E-state index is 12.3. The third kappa shape index (κ3) is 2.16. The molecule has 3 saturated carbocycles. The number of hydrogen-bond acceptors (Lipinski definition) is 6. The molecule has 3 aliphatic carbocycles. The molecule has 8 nitrogen and oxygen atoms in total. The molecule has 23 heavy (non-hydrogen) atoms. The van der Waals surface area contributed by atoms with Crippen molar-refractivity contribution in [3.63, 3.8) is 0 Å². The number of carbonyl (C=O) groups is 1. The summed E-state index contributed by atoms with van der Waals surface area (Å²) in [5.41, 5.74) is -1.10. The Morgan fingerprint density at radius 1 is 0.957 bits per heavy atom. The zero-order valence-corrected chi connectivity index (χ0v) is 12.1. The first-order valence-electron chi connectivity index (χ1n) is 7.60. The van der Waals surface area contributed by atoms with Gasteiger partial charge in [0.25, 0.3) is 11.4 Å². The van der Waals surface area contributed by atoms with Gasteiger partial charge >= 0.3 is 5.97 Å². The lowest BCUT2D eigenvalue weighted by atomic mass is 9.72. The Balaban J connectivity index is 1.58. The smallest absolute Gasteiger partial charge is 0.338 e.